The minimum atomic E-state index is -0.201. The van der Waals surface area contributed by atoms with Crippen LogP contribution in [-0.4, -0.2) is 41.4 Å². The highest BCUT2D eigenvalue weighted by Crippen LogP contribution is 2.24. The van der Waals surface area contributed by atoms with Crippen LogP contribution in [-0.2, 0) is 11.3 Å². The molecule has 1 aromatic rings. The van der Waals surface area contributed by atoms with Crippen molar-refractivity contribution in [2.75, 3.05) is 19.7 Å². The van der Waals surface area contributed by atoms with Gasteiger partial charge in [-0.3, -0.25) is 4.90 Å². The topological polar surface area (TPSA) is 32.7 Å². The molecule has 3 nitrogen and oxygen atoms in total. The molecular formula is C14H20BrNO2. The molecule has 1 fully saturated rings. The van der Waals surface area contributed by atoms with Crippen molar-refractivity contribution < 1.29 is 9.84 Å². The Kier molecular flexibility index (Phi) is 4.43. The van der Waals surface area contributed by atoms with Gasteiger partial charge in [0.1, 0.15) is 0 Å². The summed E-state index contributed by atoms with van der Waals surface area (Å²) in [5.74, 6) is 0. The third-order valence-corrected chi connectivity index (χ3v) is 3.88. The van der Waals surface area contributed by atoms with E-state index in [0.717, 1.165) is 24.1 Å². The minimum absolute atomic E-state index is 0.0793. The smallest absolute Gasteiger partial charge is 0.0940 e. The van der Waals surface area contributed by atoms with E-state index in [2.05, 4.69) is 52.9 Å². The van der Waals surface area contributed by atoms with Crippen LogP contribution in [0.25, 0.3) is 0 Å². The van der Waals surface area contributed by atoms with Crippen LogP contribution in [0.2, 0.25) is 0 Å². The van der Waals surface area contributed by atoms with E-state index in [0.29, 0.717) is 0 Å². The molecule has 1 heterocycles. The van der Waals surface area contributed by atoms with E-state index >= 15 is 0 Å². The fourth-order valence-electron chi connectivity index (χ4n) is 2.50. The predicted molar refractivity (Wildman–Crippen MR) is 75.5 cm³/mol. The van der Waals surface area contributed by atoms with Gasteiger partial charge < -0.3 is 9.84 Å². The van der Waals surface area contributed by atoms with Crippen molar-refractivity contribution >= 4 is 15.9 Å². The third kappa shape index (κ3) is 3.54. The van der Waals surface area contributed by atoms with Crippen molar-refractivity contribution in [1.29, 1.82) is 0 Å². The van der Waals surface area contributed by atoms with Gasteiger partial charge in [0.2, 0.25) is 0 Å². The Bertz CT molecular complexity index is 409. The second-order valence-electron chi connectivity index (χ2n) is 5.44. The Hall–Kier alpha value is -0.420. The predicted octanol–water partition coefficient (Wildman–Crippen LogP) is 2.42. The Morgan fingerprint density at radius 3 is 2.83 bits per heavy atom. The largest absolute Gasteiger partial charge is 0.394 e. The lowest BCUT2D eigenvalue weighted by atomic mass is 10.0. The summed E-state index contributed by atoms with van der Waals surface area (Å²) in [6.07, 6.45) is -0.0868. The molecule has 1 aromatic carbocycles. The first-order valence-electron chi connectivity index (χ1n) is 6.24. The normalized spacial score (nSPS) is 24.1. The van der Waals surface area contributed by atoms with Gasteiger partial charge in [-0.25, -0.2) is 0 Å². The summed E-state index contributed by atoms with van der Waals surface area (Å²) in [6, 6.07) is 8.26. The van der Waals surface area contributed by atoms with Gasteiger partial charge >= 0.3 is 0 Å². The van der Waals surface area contributed by atoms with Crippen LogP contribution < -0.4 is 0 Å². The van der Waals surface area contributed by atoms with Crippen molar-refractivity contribution in [3.8, 4) is 0 Å². The Morgan fingerprint density at radius 1 is 1.44 bits per heavy atom. The summed E-state index contributed by atoms with van der Waals surface area (Å²) in [7, 11) is 0. The van der Waals surface area contributed by atoms with Gasteiger partial charge in [0.25, 0.3) is 0 Å². The monoisotopic (exact) mass is 313 g/mol. The summed E-state index contributed by atoms with van der Waals surface area (Å²) >= 11 is 3.58. The molecule has 2 rings (SSSR count). The van der Waals surface area contributed by atoms with Crippen LogP contribution in [0.1, 0.15) is 19.4 Å². The lowest BCUT2D eigenvalue weighted by Crippen LogP contribution is -2.53. The molecule has 0 amide bonds. The van der Waals surface area contributed by atoms with E-state index in [1.165, 1.54) is 5.56 Å². The second-order valence-corrected chi connectivity index (χ2v) is 6.30. The van der Waals surface area contributed by atoms with Gasteiger partial charge in [0.05, 0.1) is 18.3 Å². The van der Waals surface area contributed by atoms with Crippen molar-refractivity contribution in [2.45, 2.75) is 32.1 Å². The molecule has 0 saturated carbocycles. The zero-order valence-corrected chi connectivity index (χ0v) is 12.5. The van der Waals surface area contributed by atoms with Gasteiger partial charge in [-0.15, -0.1) is 0 Å². The highest BCUT2D eigenvalue weighted by molar-refractivity contribution is 9.10. The number of morpholine rings is 1. The number of ether oxygens (including phenoxy) is 1. The molecule has 1 aliphatic heterocycles. The van der Waals surface area contributed by atoms with E-state index in [9.17, 15) is 5.11 Å². The van der Waals surface area contributed by atoms with E-state index in [1.807, 2.05) is 6.07 Å². The van der Waals surface area contributed by atoms with Crippen LogP contribution in [0.5, 0.6) is 0 Å². The van der Waals surface area contributed by atoms with Crippen LogP contribution in [0.3, 0.4) is 0 Å². The first-order valence-corrected chi connectivity index (χ1v) is 7.04. The van der Waals surface area contributed by atoms with E-state index in [-0.39, 0.29) is 18.3 Å². The van der Waals surface area contributed by atoms with Crippen molar-refractivity contribution in [3.05, 3.63) is 34.3 Å². The molecule has 1 saturated heterocycles. The van der Waals surface area contributed by atoms with Gasteiger partial charge in [0.15, 0.2) is 0 Å². The fourth-order valence-corrected chi connectivity index (χ4v) is 2.91. The summed E-state index contributed by atoms with van der Waals surface area (Å²) in [5, 5.41) is 9.30. The summed E-state index contributed by atoms with van der Waals surface area (Å²) in [5.41, 5.74) is 1.07. The zero-order chi connectivity index (χ0) is 13.2. The van der Waals surface area contributed by atoms with Crippen LogP contribution in [0.15, 0.2) is 28.7 Å². The molecule has 18 heavy (non-hydrogen) atoms. The van der Waals surface area contributed by atoms with Crippen LogP contribution in [0.4, 0.5) is 0 Å². The molecule has 0 aromatic heterocycles. The average molecular weight is 314 g/mol. The number of halogens is 1. The molecule has 1 N–H and O–H groups in total. The first-order chi connectivity index (χ1) is 8.50. The molecular weight excluding hydrogens is 294 g/mol. The molecule has 1 unspecified atom stereocenters. The number of aliphatic hydroxyl groups excluding tert-OH is 1. The number of aliphatic hydroxyl groups is 1. The van der Waals surface area contributed by atoms with E-state index in [1.54, 1.807) is 0 Å². The van der Waals surface area contributed by atoms with Crippen molar-refractivity contribution in [3.63, 3.8) is 0 Å². The minimum Gasteiger partial charge on any atom is -0.394 e. The fraction of sp³-hybridized carbons (Fsp3) is 0.571. The number of hydrogen-bond acceptors (Lipinski definition) is 3. The van der Waals surface area contributed by atoms with Gasteiger partial charge in [-0.2, -0.15) is 0 Å². The van der Waals surface area contributed by atoms with Crippen molar-refractivity contribution in [1.82, 2.24) is 4.90 Å². The first kappa shape index (κ1) is 14.0. The highest BCUT2D eigenvalue weighted by Gasteiger charge is 2.32. The maximum Gasteiger partial charge on any atom is 0.0940 e. The maximum atomic E-state index is 9.30. The van der Waals surface area contributed by atoms with E-state index in [4.69, 9.17) is 4.74 Å². The Morgan fingerprint density at radius 2 is 2.17 bits per heavy atom. The molecule has 1 atom stereocenters. The number of nitrogens with zero attached hydrogens (tertiary/aromatic N) is 1. The SMILES string of the molecule is CC1(C)CN(Cc2ccccc2Br)CC(CO)O1. The highest BCUT2D eigenvalue weighted by atomic mass is 79.9. The standard InChI is InChI=1S/C14H20BrNO2/c1-14(2)10-16(8-12(9-17)18-14)7-11-5-3-4-6-13(11)15/h3-6,12,17H,7-10H2,1-2H3. The van der Waals surface area contributed by atoms with Crippen LogP contribution >= 0.6 is 15.9 Å². The number of benzene rings is 1. The third-order valence-electron chi connectivity index (χ3n) is 3.11. The Balaban J connectivity index is 2.07. The van der Waals surface area contributed by atoms with E-state index < -0.39 is 0 Å². The molecule has 0 spiro atoms. The second kappa shape index (κ2) is 5.70. The molecule has 1 aliphatic rings. The molecule has 4 heteroatoms. The lowest BCUT2D eigenvalue weighted by molar-refractivity contribution is -0.150. The Labute approximate surface area is 117 Å². The average Bonchev–Trinajstić information content (AvgIpc) is 2.30. The van der Waals surface area contributed by atoms with Gasteiger partial charge in [0, 0.05) is 24.1 Å². The summed E-state index contributed by atoms with van der Waals surface area (Å²) in [6.45, 7) is 6.76. The van der Waals surface area contributed by atoms with Gasteiger partial charge in [-0.05, 0) is 25.5 Å². The number of hydrogen-bond donors (Lipinski definition) is 1. The molecule has 0 radical (unpaired) electrons. The van der Waals surface area contributed by atoms with Crippen molar-refractivity contribution in [2.24, 2.45) is 0 Å². The molecule has 0 bridgehead atoms. The summed E-state index contributed by atoms with van der Waals surface area (Å²) in [4.78, 5) is 2.34. The molecule has 100 valence electrons. The number of rotatable bonds is 3. The zero-order valence-electron chi connectivity index (χ0n) is 10.9. The molecule has 0 aliphatic carbocycles. The maximum absolute atomic E-state index is 9.30. The van der Waals surface area contributed by atoms with Gasteiger partial charge in [-0.1, -0.05) is 34.1 Å². The van der Waals surface area contributed by atoms with Crippen LogP contribution in [0, 0.1) is 0 Å². The summed E-state index contributed by atoms with van der Waals surface area (Å²) < 4.78 is 6.95. The lowest BCUT2D eigenvalue weighted by Gasteiger charge is -2.42. The quantitative estimate of drug-likeness (QED) is 0.930.